The minimum absolute atomic E-state index is 0.0429. The molecule has 0 bridgehead atoms. The first-order chi connectivity index (χ1) is 13.4. The lowest BCUT2D eigenvalue weighted by molar-refractivity contribution is -0.0652. The van der Waals surface area contributed by atoms with Gasteiger partial charge in [-0.25, -0.2) is 9.67 Å². The fraction of sp³-hybridized carbons (Fsp3) is 0.625. The first-order valence-electron chi connectivity index (χ1n) is 8.72. The van der Waals surface area contributed by atoms with E-state index in [9.17, 15) is 9.90 Å². The fourth-order valence-corrected chi connectivity index (χ4v) is 4.34. The quantitative estimate of drug-likeness (QED) is 0.278. The molecule has 0 radical (unpaired) electrons. The summed E-state index contributed by atoms with van der Waals surface area (Å²) in [5.74, 6) is 0.183. The van der Waals surface area contributed by atoms with Crippen LogP contribution >= 0.6 is 21.6 Å². The molecule has 10 nitrogen and oxygen atoms in total. The number of aliphatic imine (C=N–C) groups is 1. The Morgan fingerprint density at radius 3 is 3.07 bits per heavy atom. The molecule has 2 N–H and O–H groups in total. The van der Waals surface area contributed by atoms with Gasteiger partial charge in [-0.2, -0.15) is 10.1 Å². The van der Waals surface area contributed by atoms with Gasteiger partial charge in [-0.1, -0.05) is 21.6 Å². The molecule has 0 aliphatic carbocycles. The van der Waals surface area contributed by atoms with Crippen LogP contribution < -0.4 is 5.56 Å². The van der Waals surface area contributed by atoms with E-state index in [4.69, 9.17) is 9.47 Å². The van der Waals surface area contributed by atoms with Crippen molar-refractivity contribution in [3.05, 3.63) is 16.6 Å². The summed E-state index contributed by atoms with van der Waals surface area (Å²) in [6.45, 7) is 1.80. The lowest BCUT2D eigenvalue weighted by Gasteiger charge is -2.20. The van der Waals surface area contributed by atoms with Gasteiger partial charge in [0.1, 0.15) is 16.9 Å². The summed E-state index contributed by atoms with van der Waals surface area (Å²) in [4.78, 5) is 25.3. The summed E-state index contributed by atoms with van der Waals surface area (Å²) in [6, 6.07) is 0. The molecule has 3 rings (SSSR count). The molecular formula is C16H24N6O4S2. The monoisotopic (exact) mass is 428 g/mol. The number of hydrogen-bond acceptors (Lipinski definition) is 9. The molecule has 1 saturated heterocycles. The number of H-pyrrole nitrogens is 1. The summed E-state index contributed by atoms with van der Waals surface area (Å²) in [5.41, 5.74) is 0.0129. The Hall–Kier alpha value is -1.60. The van der Waals surface area contributed by atoms with Crippen molar-refractivity contribution in [3.63, 3.8) is 0 Å². The third-order valence-electron chi connectivity index (χ3n) is 4.09. The average molecular weight is 429 g/mol. The maximum atomic E-state index is 12.3. The number of rotatable bonds is 8. The van der Waals surface area contributed by atoms with Gasteiger partial charge in [-0.3, -0.25) is 9.78 Å². The molecule has 2 aromatic rings. The molecule has 4 atom stereocenters. The van der Waals surface area contributed by atoms with Gasteiger partial charge in [-0.15, -0.1) is 0 Å². The van der Waals surface area contributed by atoms with Crippen LogP contribution in [0.3, 0.4) is 0 Å². The SMILES string of the molecule is CSS[C@H](C)O[C@@H]1C[C@H](n2ncc3c(=O)[nH]c(/N=C\N(C)C)nc32)O[C@@H]1CO. The van der Waals surface area contributed by atoms with Gasteiger partial charge in [0.2, 0.25) is 5.95 Å². The number of aliphatic hydroxyl groups excluding tert-OH is 1. The van der Waals surface area contributed by atoms with E-state index in [-0.39, 0.29) is 29.7 Å². The molecular weight excluding hydrogens is 404 g/mol. The second kappa shape index (κ2) is 9.27. The minimum Gasteiger partial charge on any atom is -0.394 e. The maximum absolute atomic E-state index is 12.3. The van der Waals surface area contributed by atoms with Gasteiger partial charge < -0.3 is 19.5 Å². The Bertz CT molecular complexity index is 886. The Kier molecular flexibility index (Phi) is 6.99. The van der Waals surface area contributed by atoms with Crippen molar-refractivity contribution in [2.24, 2.45) is 4.99 Å². The first-order valence-corrected chi connectivity index (χ1v) is 11.3. The van der Waals surface area contributed by atoms with Gasteiger partial charge in [-0.05, 0) is 13.2 Å². The summed E-state index contributed by atoms with van der Waals surface area (Å²) in [5, 5.41) is 14.3. The highest BCUT2D eigenvalue weighted by atomic mass is 33.1. The zero-order valence-electron chi connectivity index (χ0n) is 16.1. The van der Waals surface area contributed by atoms with E-state index in [1.165, 1.54) is 6.20 Å². The molecule has 12 heteroatoms. The highest BCUT2D eigenvalue weighted by Gasteiger charge is 2.38. The molecule has 154 valence electrons. The van der Waals surface area contributed by atoms with Gasteiger partial charge in [0.25, 0.3) is 5.56 Å². The fourth-order valence-electron chi connectivity index (χ4n) is 2.93. The second-order valence-corrected chi connectivity index (χ2v) is 9.24. The Balaban J connectivity index is 1.87. The van der Waals surface area contributed by atoms with Crippen LogP contribution in [0.1, 0.15) is 19.6 Å². The molecule has 3 heterocycles. The van der Waals surface area contributed by atoms with Crippen LogP contribution in [0.2, 0.25) is 0 Å². The van der Waals surface area contributed by atoms with Gasteiger partial charge in [0, 0.05) is 20.5 Å². The average Bonchev–Trinajstić information content (AvgIpc) is 3.24. The van der Waals surface area contributed by atoms with Crippen molar-refractivity contribution in [2.75, 3.05) is 27.0 Å². The van der Waals surface area contributed by atoms with Crippen LogP contribution in [-0.2, 0) is 9.47 Å². The van der Waals surface area contributed by atoms with Crippen LogP contribution in [0.4, 0.5) is 5.95 Å². The number of hydrogen-bond donors (Lipinski definition) is 2. The van der Waals surface area contributed by atoms with E-state index in [0.717, 1.165) is 0 Å². The number of ether oxygens (including phenoxy) is 2. The van der Waals surface area contributed by atoms with Crippen molar-refractivity contribution >= 4 is 44.9 Å². The lowest BCUT2D eigenvalue weighted by atomic mass is 10.2. The zero-order valence-corrected chi connectivity index (χ0v) is 17.7. The number of nitrogens with one attached hydrogen (secondary N) is 1. The van der Waals surface area contributed by atoms with Crippen molar-refractivity contribution in [2.45, 2.75) is 37.2 Å². The van der Waals surface area contributed by atoms with Gasteiger partial charge >= 0.3 is 0 Å². The van der Waals surface area contributed by atoms with E-state index in [2.05, 4.69) is 20.1 Å². The van der Waals surface area contributed by atoms with E-state index < -0.39 is 12.3 Å². The highest BCUT2D eigenvalue weighted by Crippen LogP contribution is 2.35. The first kappa shape index (κ1) is 21.1. The zero-order chi connectivity index (χ0) is 20.3. The number of fused-ring (bicyclic) bond motifs is 1. The standard InChI is InChI=1S/C16H24N6O4S2/c1-9(28-27-4)25-11-5-13(26-12(11)7-23)22-14-10(6-18-22)15(24)20-16(19-14)17-8-21(2)3/h6,8-9,11-13,23H,5,7H2,1-4H3,(H,19,20,24)/b17-8-/t9-,11-,12-,13-/m1/s1. The van der Waals surface area contributed by atoms with Gasteiger partial charge in [0.15, 0.2) is 11.9 Å². The number of nitrogens with zero attached hydrogens (tertiary/aromatic N) is 5. The molecule has 0 spiro atoms. The molecule has 1 aliphatic rings. The molecule has 1 aliphatic heterocycles. The maximum Gasteiger partial charge on any atom is 0.263 e. The number of aliphatic hydroxyl groups is 1. The Morgan fingerprint density at radius 2 is 2.39 bits per heavy atom. The van der Waals surface area contributed by atoms with Crippen LogP contribution in [0.5, 0.6) is 0 Å². The molecule has 0 saturated carbocycles. The summed E-state index contributed by atoms with van der Waals surface area (Å²) in [6.07, 6.45) is 4.24. The third-order valence-corrected chi connectivity index (χ3v) is 6.06. The number of aromatic amines is 1. The normalized spacial score (nSPS) is 23.7. The molecule has 2 aromatic heterocycles. The van der Waals surface area contributed by atoms with E-state index >= 15 is 0 Å². The van der Waals surface area contributed by atoms with Crippen LogP contribution in [0.15, 0.2) is 16.0 Å². The van der Waals surface area contributed by atoms with E-state index in [1.54, 1.807) is 37.5 Å². The molecule has 0 unspecified atom stereocenters. The lowest BCUT2D eigenvalue weighted by Crippen LogP contribution is -2.29. The van der Waals surface area contributed by atoms with Crippen molar-refractivity contribution in [1.29, 1.82) is 0 Å². The highest BCUT2D eigenvalue weighted by molar-refractivity contribution is 8.76. The van der Waals surface area contributed by atoms with Crippen LogP contribution in [0.25, 0.3) is 11.0 Å². The van der Waals surface area contributed by atoms with E-state index in [0.29, 0.717) is 17.5 Å². The smallest absolute Gasteiger partial charge is 0.263 e. The second-order valence-electron chi connectivity index (χ2n) is 6.48. The van der Waals surface area contributed by atoms with Crippen molar-refractivity contribution in [1.82, 2.24) is 24.6 Å². The van der Waals surface area contributed by atoms with Crippen molar-refractivity contribution < 1.29 is 14.6 Å². The van der Waals surface area contributed by atoms with Crippen LogP contribution in [-0.4, -0.2) is 80.7 Å². The molecule has 28 heavy (non-hydrogen) atoms. The summed E-state index contributed by atoms with van der Waals surface area (Å²) >= 11 is 0. The Labute approximate surface area is 170 Å². The minimum atomic E-state index is -0.494. The molecule has 1 fully saturated rings. The molecule has 0 amide bonds. The number of aromatic nitrogens is 4. The largest absolute Gasteiger partial charge is 0.394 e. The predicted molar refractivity (Wildman–Crippen MR) is 111 cm³/mol. The topological polar surface area (TPSA) is 118 Å². The van der Waals surface area contributed by atoms with Crippen molar-refractivity contribution in [3.8, 4) is 0 Å². The Morgan fingerprint density at radius 1 is 1.61 bits per heavy atom. The predicted octanol–water partition coefficient (Wildman–Crippen LogP) is 1.36. The van der Waals surface area contributed by atoms with E-state index in [1.807, 2.05) is 27.3 Å². The third kappa shape index (κ3) is 4.69. The summed E-state index contributed by atoms with van der Waals surface area (Å²) in [7, 11) is 6.86. The van der Waals surface area contributed by atoms with Crippen LogP contribution in [0, 0.1) is 0 Å². The molecule has 0 aromatic carbocycles. The van der Waals surface area contributed by atoms with Gasteiger partial charge in [0.05, 0.1) is 25.2 Å². The summed E-state index contributed by atoms with van der Waals surface area (Å²) < 4.78 is 13.5.